The highest BCUT2D eigenvalue weighted by Gasteiger charge is 2.26. The number of amides is 1. The molecule has 34 heavy (non-hydrogen) atoms. The summed E-state index contributed by atoms with van der Waals surface area (Å²) in [6.07, 6.45) is 5.04. The highest BCUT2D eigenvalue weighted by molar-refractivity contribution is 7.89. The highest BCUT2D eigenvalue weighted by Crippen LogP contribution is 2.30. The van der Waals surface area contributed by atoms with Gasteiger partial charge in [0.1, 0.15) is 5.75 Å². The van der Waals surface area contributed by atoms with Gasteiger partial charge in [-0.1, -0.05) is 25.0 Å². The molecule has 0 bridgehead atoms. The molecule has 1 saturated heterocycles. The molecule has 1 amide bonds. The summed E-state index contributed by atoms with van der Waals surface area (Å²) in [5.74, 6) is 0.0438. The van der Waals surface area contributed by atoms with Gasteiger partial charge in [-0.25, -0.2) is 8.42 Å². The van der Waals surface area contributed by atoms with Crippen molar-refractivity contribution in [2.45, 2.75) is 43.5 Å². The number of fused-ring (bicyclic) bond motifs is 1. The van der Waals surface area contributed by atoms with E-state index in [-0.39, 0.29) is 29.2 Å². The summed E-state index contributed by atoms with van der Waals surface area (Å²) >= 11 is 0. The van der Waals surface area contributed by atoms with Gasteiger partial charge in [-0.2, -0.15) is 9.40 Å². The van der Waals surface area contributed by atoms with E-state index in [4.69, 9.17) is 4.74 Å². The van der Waals surface area contributed by atoms with Crippen LogP contribution >= 0.6 is 0 Å². The first-order valence-electron chi connectivity index (χ1n) is 11.3. The Labute approximate surface area is 198 Å². The summed E-state index contributed by atoms with van der Waals surface area (Å²) in [7, 11) is -2.21. The lowest BCUT2D eigenvalue weighted by atomic mass is 10.2. The molecule has 0 spiro atoms. The van der Waals surface area contributed by atoms with E-state index in [1.807, 2.05) is 0 Å². The fraction of sp³-hybridized carbons (Fsp3) is 0.375. The van der Waals surface area contributed by atoms with E-state index in [2.05, 4.69) is 10.4 Å². The Balaban J connectivity index is 1.51. The summed E-state index contributed by atoms with van der Waals surface area (Å²) in [5, 5.41) is 7.44. The van der Waals surface area contributed by atoms with Gasteiger partial charge in [0.15, 0.2) is 0 Å². The highest BCUT2D eigenvalue weighted by atomic mass is 32.2. The molecule has 1 aliphatic rings. The molecule has 3 aromatic rings. The third kappa shape index (κ3) is 5.13. The predicted molar refractivity (Wildman–Crippen MR) is 129 cm³/mol. The number of benzene rings is 2. The lowest BCUT2D eigenvalue weighted by Crippen LogP contribution is -2.32. The minimum atomic E-state index is -3.67. The first-order valence-corrected chi connectivity index (χ1v) is 12.8. The lowest BCUT2D eigenvalue weighted by molar-refractivity contribution is -0.116. The van der Waals surface area contributed by atoms with Crippen molar-refractivity contribution >= 4 is 32.5 Å². The van der Waals surface area contributed by atoms with E-state index in [0.717, 1.165) is 25.7 Å². The Morgan fingerprint density at radius 2 is 1.82 bits per heavy atom. The van der Waals surface area contributed by atoms with E-state index in [1.165, 1.54) is 29.7 Å². The molecule has 1 aromatic heterocycles. The zero-order valence-corrected chi connectivity index (χ0v) is 19.9. The van der Waals surface area contributed by atoms with Crippen LogP contribution in [0.25, 0.3) is 10.9 Å². The lowest BCUT2D eigenvalue weighted by Gasteiger charge is -2.21. The maximum Gasteiger partial charge on any atom is 0.243 e. The van der Waals surface area contributed by atoms with Gasteiger partial charge in [-0.15, -0.1) is 0 Å². The topological polar surface area (TPSA) is 111 Å². The molecule has 10 heteroatoms. The number of hydrogen-bond donors (Lipinski definition) is 1. The maximum absolute atomic E-state index is 13.2. The van der Waals surface area contributed by atoms with Gasteiger partial charge in [0.25, 0.3) is 0 Å². The normalized spacial score (nSPS) is 15.1. The number of sulfonamides is 1. The van der Waals surface area contributed by atoms with Gasteiger partial charge in [0.05, 0.1) is 36.0 Å². The van der Waals surface area contributed by atoms with Crippen LogP contribution in [0.1, 0.15) is 32.1 Å². The van der Waals surface area contributed by atoms with E-state index in [0.29, 0.717) is 35.4 Å². The molecule has 180 valence electrons. The molecular formula is C24H28N4O5S. The molecule has 0 aliphatic carbocycles. The third-order valence-electron chi connectivity index (χ3n) is 5.96. The number of para-hydroxylation sites is 1. The zero-order chi connectivity index (χ0) is 24.1. The number of ether oxygens (including phenoxy) is 1. The van der Waals surface area contributed by atoms with Gasteiger partial charge in [-0.05, 0) is 43.2 Å². The Kier molecular flexibility index (Phi) is 7.28. The number of carbonyl (C=O) groups is 1. The summed E-state index contributed by atoms with van der Waals surface area (Å²) in [6, 6.07) is 11.6. The average molecular weight is 485 g/mol. The number of methoxy groups -OCH3 is 1. The van der Waals surface area contributed by atoms with Gasteiger partial charge < -0.3 is 10.1 Å². The molecule has 9 nitrogen and oxygen atoms in total. The molecule has 0 unspecified atom stereocenters. The standard InChI is InChI=1S/C24H28N4O5S/c1-33-23-11-10-18(34(31,32)27-13-6-2-3-7-14-27)16-20(23)26-24(30)12-15-28-21-9-5-4-8-19(21)22(29)17-25-28/h4-5,8-11,16-17H,2-3,6-7,12-15H2,1H3,(H,26,30). The van der Waals surface area contributed by atoms with E-state index >= 15 is 0 Å². The monoisotopic (exact) mass is 484 g/mol. The second-order valence-electron chi connectivity index (χ2n) is 8.23. The number of nitrogens with one attached hydrogen (secondary N) is 1. The van der Waals surface area contributed by atoms with Gasteiger partial charge in [0.2, 0.25) is 21.4 Å². The zero-order valence-electron chi connectivity index (χ0n) is 19.1. The molecular weight excluding hydrogens is 456 g/mol. The molecule has 0 radical (unpaired) electrons. The largest absolute Gasteiger partial charge is 0.495 e. The molecule has 0 atom stereocenters. The van der Waals surface area contributed by atoms with Crippen LogP contribution in [0.2, 0.25) is 0 Å². The number of aromatic nitrogens is 2. The van der Waals surface area contributed by atoms with Crippen molar-refractivity contribution in [3.63, 3.8) is 0 Å². The summed E-state index contributed by atoms with van der Waals surface area (Å²) < 4.78 is 34.8. The SMILES string of the molecule is COc1ccc(S(=O)(=O)N2CCCCCC2)cc1NC(=O)CCn1ncc(=O)c2ccccc21. The Morgan fingerprint density at radius 3 is 2.56 bits per heavy atom. The Morgan fingerprint density at radius 1 is 1.09 bits per heavy atom. The molecule has 1 aliphatic heterocycles. The van der Waals surface area contributed by atoms with Crippen molar-refractivity contribution in [2.75, 3.05) is 25.5 Å². The van der Waals surface area contributed by atoms with Crippen LogP contribution in [0.4, 0.5) is 5.69 Å². The van der Waals surface area contributed by atoms with Gasteiger partial charge >= 0.3 is 0 Å². The number of rotatable bonds is 7. The molecule has 1 fully saturated rings. The Bertz CT molecular complexity index is 1340. The quantitative estimate of drug-likeness (QED) is 0.552. The summed E-state index contributed by atoms with van der Waals surface area (Å²) in [5.41, 5.74) is 0.760. The predicted octanol–water partition coefficient (Wildman–Crippen LogP) is 3.00. The van der Waals surface area contributed by atoms with Gasteiger partial charge in [-0.3, -0.25) is 14.3 Å². The fourth-order valence-electron chi connectivity index (χ4n) is 4.14. The van der Waals surface area contributed by atoms with Crippen LogP contribution in [0.5, 0.6) is 5.75 Å². The van der Waals surface area contributed by atoms with E-state index in [1.54, 1.807) is 35.0 Å². The molecule has 4 rings (SSSR count). The van der Waals surface area contributed by atoms with Crippen molar-refractivity contribution in [1.82, 2.24) is 14.1 Å². The summed E-state index contributed by atoms with van der Waals surface area (Å²) in [4.78, 5) is 24.9. The summed E-state index contributed by atoms with van der Waals surface area (Å²) in [6.45, 7) is 1.24. The molecule has 0 saturated carbocycles. The number of hydrogen-bond acceptors (Lipinski definition) is 6. The Hall–Kier alpha value is -3.24. The van der Waals surface area contributed by atoms with Crippen molar-refractivity contribution < 1.29 is 17.9 Å². The number of aryl methyl sites for hydroxylation is 1. The first kappa shape index (κ1) is 23.9. The van der Waals surface area contributed by atoms with Crippen molar-refractivity contribution in [3.05, 3.63) is 58.9 Å². The van der Waals surface area contributed by atoms with Crippen LogP contribution in [0, 0.1) is 0 Å². The van der Waals surface area contributed by atoms with E-state index in [9.17, 15) is 18.0 Å². The van der Waals surface area contributed by atoms with Crippen LogP contribution in [-0.4, -0.2) is 48.6 Å². The van der Waals surface area contributed by atoms with Crippen molar-refractivity contribution in [1.29, 1.82) is 0 Å². The fourth-order valence-corrected chi connectivity index (χ4v) is 5.68. The smallest absolute Gasteiger partial charge is 0.243 e. The molecule has 2 heterocycles. The van der Waals surface area contributed by atoms with Crippen molar-refractivity contribution in [2.24, 2.45) is 0 Å². The van der Waals surface area contributed by atoms with Gasteiger partial charge in [0, 0.05) is 24.9 Å². The minimum absolute atomic E-state index is 0.0755. The maximum atomic E-state index is 13.2. The molecule has 2 aromatic carbocycles. The van der Waals surface area contributed by atoms with Crippen LogP contribution in [0.3, 0.4) is 0 Å². The second-order valence-corrected chi connectivity index (χ2v) is 10.2. The molecule has 1 N–H and O–H groups in total. The van der Waals surface area contributed by atoms with Crippen LogP contribution in [-0.2, 0) is 21.4 Å². The third-order valence-corrected chi connectivity index (χ3v) is 7.86. The van der Waals surface area contributed by atoms with E-state index < -0.39 is 10.0 Å². The van der Waals surface area contributed by atoms with Crippen LogP contribution in [0.15, 0.2) is 58.4 Å². The number of nitrogens with zero attached hydrogens (tertiary/aromatic N) is 3. The first-order chi connectivity index (χ1) is 16.4. The average Bonchev–Trinajstić information content (AvgIpc) is 3.14. The minimum Gasteiger partial charge on any atom is -0.495 e. The number of anilines is 1. The second kappa shape index (κ2) is 10.4. The van der Waals surface area contributed by atoms with Crippen molar-refractivity contribution in [3.8, 4) is 5.75 Å². The number of carbonyl (C=O) groups excluding carboxylic acids is 1. The van der Waals surface area contributed by atoms with Crippen LogP contribution < -0.4 is 15.5 Å².